The molecule has 0 spiro atoms. The van der Waals surface area contributed by atoms with Crippen LogP contribution in [0, 0.1) is 19.8 Å². The molecule has 0 aliphatic carbocycles. The Morgan fingerprint density at radius 1 is 1.13 bits per heavy atom. The SMILES string of the molecule is Cc1cc(C)n(-c2ccc(NC(=O)C3CCN(Cc4cnc(N)nc4)CC3)cc2)n1. The number of benzene rings is 1. The maximum Gasteiger partial charge on any atom is 0.227 e. The number of carbonyl (C=O) groups is 1. The number of aryl methyl sites for hydroxylation is 2. The van der Waals surface area contributed by atoms with Crippen molar-refractivity contribution in [2.45, 2.75) is 33.2 Å². The molecule has 0 radical (unpaired) electrons. The number of hydrogen-bond donors (Lipinski definition) is 2. The van der Waals surface area contributed by atoms with Crippen LogP contribution in [-0.2, 0) is 11.3 Å². The number of nitrogens with one attached hydrogen (secondary N) is 1. The summed E-state index contributed by atoms with van der Waals surface area (Å²) in [5.41, 5.74) is 10.4. The maximum atomic E-state index is 12.7. The molecule has 8 heteroatoms. The Balaban J connectivity index is 1.29. The van der Waals surface area contributed by atoms with Crippen molar-refractivity contribution in [1.82, 2.24) is 24.6 Å². The van der Waals surface area contributed by atoms with Crippen molar-refractivity contribution in [2.75, 3.05) is 24.1 Å². The number of hydrogen-bond acceptors (Lipinski definition) is 6. The van der Waals surface area contributed by atoms with Gasteiger partial charge in [-0.15, -0.1) is 0 Å². The number of anilines is 2. The number of rotatable bonds is 5. The van der Waals surface area contributed by atoms with Crippen LogP contribution in [0.1, 0.15) is 29.8 Å². The van der Waals surface area contributed by atoms with E-state index < -0.39 is 0 Å². The number of nitrogens with zero attached hydrogens (tertiary/aromatic N) is 5. The van der Waals surface area contributed by atoms with Crippen molar-refractivity contribution in [3.05, 3.63) is 59.7 Å². The summed E-state index contributed by atoms with van der Waals surface area (Å²) in [7, 11) is 0. The van der Waals surface area contributed by atoms with E-state index in [9.17, 15) is 4.79 Å². The molecule has 1 aromatic carbocycles. The standard InChI is InChI=1S/C22H27N7O/c1-15-11-16(2)29(27-15)20-5-3-19(4-6-20)26-21(30)18-7-9-28(10-8-18)14-17-12-24-22(23)25-13-17/h3-6,11-13,18H,7-10,14H2,1-2H3,(H,26,30)(H2,23,24,25). The van der Waals surface area contributed by atoms with Gasteiger partial charge < -0.3 is 11.1 Å². The first kappa shape index (κ1) is 20.0. The van der Waals surface area contributed by atoms with E-state index >= 15 is 0 Å². The van der Waals surface area contributed by atoms with Crippen LogP contribution in [0.25, 0.3) is 5.69 Å². The number of carbonyl (C=O) groups excluding carboxylic acids is 1. The first-order valence-electron chi connectivity index (χ1n) is 10.2. The van der Waals surface area contributed by atoms with Gasteiger partial charge in [-0.25, -0.2) is 14.6 Å². The second kappa shape index (κ2) is 8.62. The fraction of sp³-hybridized carbons (Fsp3) is 0.364. The molecule has 3 heterocycles. The van der Waals surface area contributed by atoms with E-state index in [4.69, 9.17) is 5.73 Å². The fourth-order valence-electron chi connectivity index (χ4n) is 3.88. The van der Waals surface area contributed by atoms with Gasteiger partial charge in [-0.1, -0.05) is 0 Å². The minimum Gasteiger partial charge on any atom is -0.368 e. The van der Waals surface area contributed by atoms with Crippen LogP contribution in [0.3, 0.4) is 0 Å². The predicted octanol–water partition coefficient (Wildman–Crippen LogP) is 2.71. The number of amides is 1. The zero-order valence-electron chi connectivity index (χ0n) is 17.4. The van der Waals surface area contributed by atoms with Crippen molar-refractivity contribution < 1.29 is 4.79 Å². The summed E-state index contributed by atoms with van der Waals surface area (Å²) >= 11 is 0. The van der Waals surface area contributed by atoms with Gasteiger partial charge in [-0.3, -0.25) is 9.69 Å². The molecule has 4 rings (SSSR count). The summed E-state index contributed by atoms with van der Waals surface area (Å²) in [5, 5.41) is 7.56. The number of likely N-dealkylation sites (tertiary alicyclic amines) is 1. The van der Waals surface area contributed by atoms with Crippen LogP contribution in [-0.4, -0.2) is 43.6 Å². The Labute approximate surface area is 176 Å². The third-order valence-electron chi connectivity index (χ3n) is 5.48. The van der Waals surface area contributed by atoms with Crippen LogP contribution >= 0.6 is 0 Å². The summed E-state index contributed by atoms with van der Waals surface area (Å²) < 4.78 is 1.91. The Kier molecular flexibility index (Phi) is 5.76. The normalized spacial score (nSPS) is 15.3. The van der Waals surface area contributed by atoms with Gasteiger partial charge in [0.15, 0.2) is 0 Å². The molecule has 8 nitrogen and oxygen atoms in total. The Hall–Kier alpha value is -3.26. The molecular weight excluding hydrogens is 378 g/mol. The lowest BCUT2D eigenvalue weighted by Crippen LogP contribution is -2.37. The number of nitrogen functional groups attached to an aromatic ring is 1. The van der Waals surface area contributed by atoms with Crippen molar-refractivity contribution in [3.63, 3.8) is 0 Å². The largest absolute Gasteiger partial charge is 0.368 e. The zero-order valence-corrected chi connectivity index (χ0v) is 17.4. The van der Waals surface area contributed by atoms with E-state index in [1.54, 1.807) is 12.4 Å². The lowest BCUT2D eigenvalue weighted by molar-refractivity contribution is -0.121. The lowest BCUT2D eigenvalue weighted by atomic mass is 9.95. The van der Waals surface area contributed by atoms with Crippen LogP contribution < -0.4 is 11.1 Å². The van der Waals surface area contributed by atoms with E-state index in [-0.39, 0.29) is 17.8 Å². The van der Waals surface area contributed by atoms with Gasteiger partial charge in [0.1, 0.15) is 0 Å². The Morgan fingerprint density at radius 3 is 2.40 bits per heavy atom. The topological polar surface area (TPSA) is 102 Å². The summed E-state index contributed by atoms with van der Waals surface area (Å²) in [6.45, 7) is 6.54. The molecule has 30 heavy (non-hydrogen) atoms. The van der Waals surface area contributed by atoms with E-state index in [2.05, 4.69) is 25.3 Å². The highest BCUT2D eigenvalue weighted by atomic mass is 16.1. The lowest BCUT2D eigenvalue weighted by Gasteiger charge is -2.31. The highest BCUT2D eigenvalue weighted by Gasteiger charge is 2.25. The van der Waals surface area contributed by atoms with Gasteiger partial charge in [0.25, 0.3) is 0 Å². The molecule has 0 bridgehead atoms. The fourth-order valence-corrected chi connectivity index (χ4v) is 3.88. The molecule has 1 saturated heterocycles. The molecule has 156 valence electrons. The molecule has 1 aliphatic heterocycles. The van der Waals surface area contributed by atoms with Crippen molar-refractivity contribution in [1.29, 1.82) is 0 Å². The van der Waals surface area contributed by atoms with Crippen molar-refractivity contribution >= 4 is 17.5 Å². The van der Waals surface area contributed by atoms with Gasteiger partial charge in [0.2, 0.25) is 11.9 Å². The third kappa shape index (κ3) is 4.65. The monoisotopic (exact) mass is 405 g/mol. The van der Waals surface area contributed by atoms with E-state index in [1.807, 2.05) is 48.9 Å². The number of nitrogens with two attached hydrogens (primary N) is 1. The molecule has 1 aliphatic rings. The minimum atomic E-state index is 0.0274. The van der Waals surface area contributed by atoms with E-state index in [0.29, 0.717) is 0 Å². The van der Waals surface area contributed by atoms with Crippen molar-refractivity contribution in [3.8, 4) is 5.69 Å². The second-order valence-corrected chi connectivity index (χ2v) is 7.87. The molecule has 3 aromatic rings. The molecule has 1 fully saturated rings. The number of aromatic nitrogens is 4. The first-order valence-corrected chi connectivity index (χ1v) is 10.2. The van der Waals surface area contributed by atoms with Gasteiger partial charge >= 0.3 is 0 Å². The summed E-state index contributed by atoms with van der Waals surface area (Å²) in [5.74, 6) is 0.404. The Bertz CT molecular complexity index is 1000. The first-order chi connectivity index (χ1) is 14.5. The minimum absolute atomic E-state index is 0.0274. The summed E-state index contributed by atoms with van der Waals surface area (Å²) in [4.78, 5) is 23.1. The smallest absolute Gasteiger partial charge is 0.227 e. The van der Waals surface area contributed by atoms with Crippen LogP contribution in [0.5, 0.6) is 0 Å². The zero-order chi connectivity index (χ0) is 21.1. The highest BCUT2D eigenvalue weighted by Crippen LogP contribution is 2.22. The van der Waals surface area contributed by atoms with Gasteiger partial charge in [-0.2, -0.15) is 5.10 Å². The van der Waals surface area contributed by atoms with E-state index in [0.717, 1.165) is 60.8 Å². The summed E-state index contributed by atoms with van der Waals surface area (Å²) in [6, 6.07) is 9.86. The van der Waals surface area contributed by atoms with E-state index in [1.165, 1.54) is 0 Å². The van der Waals surface area contributed by atoms with Crippen LogP contribution in [0.2, 0.25) is 0 Å². The molecule has 0 saturated carbocycles. The highest BCUT2D eigenvalue weighted by molar-refractivity contribution is 5.92. The molecule has 3 N–H and O–H groups in total. The van der Waals surface area contributed by atoms with Gasteiger partial charge in [-0.05, 0) is 70.1 Å². The Morgan fingerprint density at radius 2 is 1.80 bits per heavy atom. The van der Waals surface area contributed by atoms with Crippen molar-refractivity contribution in [2.24, 2.45) is 5.92 Å². The quantitative estimate of drug-likeness (QED) is 0.677. The molecular formula is C22H27N7O. The average molecular weight is 406 g/mol. The van der Waals surface area contributed by atoms with Crippen LogP contribution in [0.15, 0.2) is 42.7 Å². The maximum absolute atomic E-state index is 12.7. The molecule has 2 aromatic heterocycles. The van der Waals surface area contributed by atoms with Crippen LogP contribution in [0.4, 0.5) is 11.6 Å². The third-order valence-corrected chi connectivity index (χ3v) is 5.48. The second-order valence-electron chi connectivity index (χ2n) is 7.87. The number of piperidine rings is 1. The van der Waals surface area contributed by atoms with Gasteiger partial charge in [0.05, 0.1) is 11.4 Å². The molecule has 0 atom stereocenters. The summed E-state index contributed by atoms with van der Waals surface area (Å²) in [6.07, 6.45) is 5.20. The predicted molar refractivity (Wildman–Crippen MR) is 116 cm³/mol. The molecule has 0 unspecified atom stereocenters. The van der Waals surface area contributed by atoms with Gasteiger partial charge in [0, 0.05) is 41.8 Å². The molecule has 1 amide bonds. The average Bonchev–Trinajstić information content (AvgIpc) is 3.09.